The standard InChI is InChI=1S/C8H12O8/c9-4(6(12)13)3-8(16,7(14)15)2-1-5(10)11/h4,9,16H,1-3H2,(H,10,11)(H,12,13)(H,14,15)/t4-,8-/m1/s1. The molecule has 92 valence electrons. The first-order chi connectivity index (χ1) is 7.19. The predicted octanol–water partition coefficient (Wildman–Crippen LogP) is -1.50. The van der Waals surface area contributed by atoms with Crippen LogP contribution in [0.2, 0.25) is 0 Å². The Morgan fingerprint density at radius 2 is 1.62 bits per heavy atom. The summed E-state index contributed by atoms with van der Waals surface area (Å²) in [5.41, 5.74) is -2.56. The molecule has 2 atom stereocenters. The van der Waals surface area contributed by atoms with Crippen LogP contribution in [-0.2, 0) is 14.4 Å². The molecule has 0 aromatic carbocycles. The first kappa shape index (κ1) is 14.3. The highest BCUT2D eigenvalue weighted by atomic mass is 16.4. The van der Waals surface area contributed by atoms with Crippen LogP contribution in [0.1, 0.15) is 19.3 Å². The average molecular weight is 236 g/mol. The van der Waals surface area contributed by atoms with Crippen molar-refractivity contribution >= 4 is 17.9 Å². The molecule has 0 aliphatic rings. The summed E-state index contributed by atoms with van der Waals surface area (Å²) in [6, 6.07) is 0. The molecule has 0 bridgehead atoms. The Bertz CT molecular complexity index is 298. The number of hydrogen-bond donors (Lipinski definition) is 5. The van der Waals surface area contributed by atoms with E-state index in [9.17, 15) is 19.5 Å². The molecule has 0 aromatic heterocycles. The van der Waals surface area contributed by atoms with Crippen LogP contribution >= 0.6 is 0 Å². The molecule has 5 N–H and O–H groups in total. The molecule has 16 heavy (non-hydrogen) atoms. The van der Waals surface area contributed by atoms with Crippen molar-refractivity contribution in [3.8, 4) is 0 Å². The van der Waals surface area contributed by atoms with Crippen molar-refractivity contribution in [1.82, 2.24) is 0 Å². The third-order valence-corrected chi connectivity index (χ3v) is 1.97. The highest BCUT2D eigenvalue weighted by molar-refractivity contribution is 5.80. The molecule has 0 fully saturated rings. The van der Waals surface area contributed by atoms with Crippen LogP contribution in [0.5, 0.6) is 0 Å². The largest absolute Gasteiger partial charge is 0.481 e. The zero-order valence-electron chi connectivity index (χ0n) is 8.16. The van der Waals surface area contributed by atoms with Gasteiger partial charge in [-0.3, -0.25) is 4.79 Å². The van der Waals surface area contributed by atoms with Gasteiger partial charge in [0, 0.05) is 12.8 Å². The Morgan fingerprint density at radius 1 is 1.12 bits per heavy atom. The summed E-state index contributed by atoms with van der Waals surface area (Å²) in [6.45, 7) is 0. The summed E-state index contributed by atoms with van der Waals surface area (Å²) in [6.07, 6.45) is -4.35. The molecule has 0 rings (SSSR count). The van der Waals surface area contributed by atoms with E-state index in [0.717, 1.165) is 0 Å². The maximum atomic E-state index is 10.6. The summed E-state index contributed by atoms with van der Waals surface area (Å²) in [7, 11) is 0. The molecule has 0 spiro atoms. The molecule has 0 heterocycles. The molecule has 8 nitrogen and oxygen atoms in total. The van der Waals surface area contributed by atoms with E-state index in [1.807, 2.05) is 0 Å². The Kier molecular flexibility index (Phi) is 4.86. The van der Waals surface area contributed by atoms with Gasteiger partial charge < -0.3 is 25.5 Å². The lowest BCUT2D eigenvalue weighted by Gasteiger charge is -2.23. The minimum Gasteiger partial charge on any atom is -0.481 e. The van der Waals surface area contributed by atoms with Crippen molar-refractivity contribution < 1.29 is 39.9 Å². The molecule has 8 heteroatoms. The second-order valence-electron chi connectivity index (χ2n) is 3.29. The summed E-state index contributed by atoms with van der Waals surface area (Å²) in [4.78, 5) is 31.1. The third-order valence-electron chi connectivity index (χ3n) is 1.97. The number of hydrogen-bond acceptors (Lipinski definition) is 5. The second-order valence-corrected chi connectivity index (χ2v) is 3.29. The van der Waals surface area contributed by atoms with Gasteiger partial charge in [-0.1, -0.05) is 0 Å². The van der Waals surface area contributed by atoms with Gasteiger partial charge in [0.25, 0.3) is 0 Å². The van der Waals surface area contributed by atoms with E-state index in [0.29, 0.717) is 0 Å². The highest BCUT2D eigenvalue weighted by Crippen LogP contribution is 2.20. The lowest BCUT2D eigenvalue weighted by molar-refractivity contribution is -0.167. The number of carboxylic acid groups (broad SMARTS) is 3. The Morgan fingerprint density at radius 3 is 1.94 bits per heavy atom. The number of rotatable bonds is 7. The fraction of sp³-hybridized carbons (Fsp3) is 0.625. The van der Waals surface area contributed by atoms with E-state index >= 15 is 0 Å². The molecular formula is C8H12O8. The quantitative estimate of drug-likeness (QED) is 0.358. The highest BCUT2D eigenvalue weighted by Gasteiger charge is 2.40. The lowest BCUT2D eigenvalue weighted by atomic mass is 9.91. The molecule has 0 aromatic rings. The number of aliphatic hydroxyl groups is 2. The van der Waals surface area contributed by atoms with Gasteiger partial charge >= 0.3 is 17.9 Å². The van der Waals surface area contributed by atoms with Crippen LogP contribution in [0.15, 0.2) is 0 Å². The number of carbonyl (C=O) groups is 3. The minimum atomic E-state index is -2.56. The number of carboxylic acids is 3. The van der Waals surface area contributed by atoms with Crippen molar-refractivity contribution in [3.63, 3.8) is 0 Å². The van der Waals surface area contributed by atoms with E-state index < -0.39 is 48.9 Å². The van der Waals surface area contributed by atoms with Crippen LogP contribution in [0.3, 0.4) is 0 Å². The van der Waals surface area contributed by atoms with Gasteiger partial charge in [-0.15, -0.1) is 0 Å². The summed E-state index contributed by atoms with van der Waals surface area (Å²) < 4.78 is 0. The van der Waals surface area contributed by atoms with E-state index in [4.69, 9.17) is 20.4 Å². The van der Waals surface area contributed by atoms with Crippen molar-refractivity contribution in [2.24, 2.45) is 0 Å². The van der Waals surface area contributed by atoms with Crippen molar-refractivity contribution in [1.29, 1.82) is 0 Å². The SMILES string of the molecule is O=C(O)CC[C@@](O)(C[C@@H](O)C(=O)O)C(=O)O. The van der Waals surface area contributed by atoms with Gasteiger partial charge in [-0.05, 0) is 6.42 Å². The normalized spacial score (nSPS) is 16.1. The van der Waals surface area contributed by atoms with Crippen molar-refractivity contribution in [2.75, 3.05) is 0 Å². The van der Waals surface area contributed by atoms with Gasteiger partial charge in [-0.25, -0.2) is 9.59 Å². The number of aliphatic carboxylic acids is 3. The van der Waals surface area contributed by atoms with E-state index in [-0.39, 0.29) is 0 Å². The molecule has 0 radical (unpaired) electrons. The number of aliphatic hydroxyl groups excluding tert-OH is 1. The first-order valence-corrected chi connectivity index (χ1v) is 4.27. The first-order valence-electron chi connectivity index (χ1n) is 4.27. The average Bonchev–Trinajstić information content (AvgIpc) is 2.14. The Hall–Kier alpha value is -1.67. The monoisotopic (exact) mass is 236 g/mol. The van der Waals surface area contributed by atoms with Gasteiger partial charge in [0.2, 0.25) is 0 Å². The Balaban J connectivity index is 4.63. The van der Waals surface area contributed by atoms with Crippen LogP contribution in [0.25, 0.3) is 0 Å². The van der Waals surface area contributed by atoms with Crippen LogP contribution < -0.4 is 0 Å². The van der Waals surface area contributed by atoms with E-state index in [1.54, 1.807) is 0 Å². The lowest BCUT2D eigenvalue weighted by Crippen LogP contribution is -2.44. The van der Waals surface area contributed by atoms with E-state index in [1.165, 1.54) is 0 Å². The second kappa shape index (κ2) is 5.42. The molecule has 0 unspecified atom stereocenters. The van der Waals surface area contributed by atoms with Crippen molar-refractivity contribution in [2.45, 2.75) is 31.0 Å². The summed E-state index contributed by atoms with van der Waals surface area (Å²) >= 11 is 0. The summed E-state index contributed by atoms with van der Waals surface area (Å²) in [5, 5.41) is 43.7. The topological polar surface area (TPSA) is 152 Å². The fourth-order valence-electron chi connectivity index (χ4n) is 1.02. The molecule has 0 amide bonds. The van der Waals surface area contributed by atoms with Crippen LogP contribution in [-0.4, -0.2) is 55.1 Å². The van der Waals surface area contributed by atoms with Crippen molar-refractivity contribution in [3.05, 3.63) is 0 Å². The van der Waals surface area contributed by atoms with Gasteiger partial charge in [0.15, 0.2) is 11.7 Å². The molecule has 0 aliphatic carbocycles. The molecule has 0 aliphatic heterocycles. The van der Waals surface area contributed by atoms with E-state index in [2.05, 4.69) is 0 Å². The maximum Gasteiger partial charge on any atom is 0.335 e. The minimum absolute atomic E-state index is 0.644. The zero-order chi connectivity index (χ0) is 12.9. The third kappa shape index (κ3) is 4.24. The fourth-order valence-corrected chi connectivity index (χ4v) is 1.02. The zero-order valence-corrected chi connectivity index (χ0v) is 8.16. The van der Waals surface area contributed by atoms with Crippen LogP contribution in [0, 0.1) is 0 Å². The van der Waals surface area contributed by atoms with Gasteiger partial charge in [-0.2, -0.15) is 0 Å². The summed E-state index contributed by atoms with van der Waals surface area (Å²) in [5.74, 6) is -4.78. The van der Waals surface area contributed by atoms with Gasteiger partial charge in [0.05, 0.1) is 0 Å². The predicted molar refractivity (Wildman–Crippen MR) is 47.7 cm³/mol. The molecular weight excluding hydrogens is 224 g/mol. The van der Waals surface area contributed by atoms with Gasteiger partial charge in [0.1, 0.15) is 0 Å². The van der Waals surface area contributed by atoms with Crippen LogP contribution in [0.4, 0.5) is 0 Å². The Labute approximate surface area is 89.7 Å². The maximum absolute atomic E-state index is 10.6. The molecule has 0 saturated heterocycles. The smallest absolute Gasteiger partial charge is 0.335 e. The molecule has 0 saturated carbocycles.